The lowest BCUT2D eigenvalue weighted by atomic mass is 9.97. The minimum Gasteiger partial charge on any atom is -0.465 e. The average molecular weight is 354 g/mol. The normalized spacial score (nSPS) is 14.5. The second-order valence-corrected chi connectivity index (χ2v) is 5.84. The van der Waals surface area contributed by atoms with E-state index in [0.717, 1.165) is 17.7 Å². The molecule has 0 bridgehead atoms. The molecule has 1 aliphatic rings. The molecule has 0 atom stereocenters. The Balaban J connectivity index is 1.88. The van der Waals surface area contributed by atoms with Crippen molar-refractivity contribution >= 4 is 35.4 Å². The number of halogens is 1. The molecule has 1 aliphatic heterocycles. The van der Waals surface area contributed by atoms with Crippen LogP contribution in [0.25, 0.3) is 6.08 Å². The van der Waals surface area contributed by atoms with Crippen LogP contribution in [0.1, 0.15) is 18.9 Å². The first-order chi connectivity index (χ1) is 11.5. The first kappa shape index (κ1) is 18.1. The topological polar surface area (TPSA) is 91.8 Å². The number of hydrogen-bond acceptors (Lipinski definition) is 5. The van der Waals surface area contributed by atoms with Gasteiger partial charge < -0.3 is 20.1 Å². The lowest BCUT2D eigenvalue weighted by Crippen LogP contribution is -2.49. The number of rotatable bonds is 7. The summed E-state index contributed by atoms with van der Waals surface area (Å²) in [6.45, 7) is 3.89. The van der Waals surface area contributed by atoms with Gasteiger partial charge in [-0.2, -0.15) is 0 Å². The van der Waals surface area contributed by atoms with Crippen LogP contribution in [0.4, 0.5) is 10.5 Å². The zero-order valence-corrected chi connectivity index (χ0v) is 14.1. The smallest absolute Gasteiger partial charge is 0.407 e. The molecule has 0 aliphatic carbocycles. The maximum atomic E-state index is 11.4. The molecule has 0 saturated carbocycles. The van der Waals surface area contributed by atoms with Gasteiger partial charge in [0.15, 0.2) is 0 Å². The Kier molecular flexibility index (Phi) is 6.43. The predicted octanol–water partition coefficient (Wildman–Crippen LogP) is 2.72. The molecule has 1 saturated heterocycles. The average Bonchev–Trinajstić information content (AvgIpc) is 2.48. The van der Waals surface area contributed by atoms with Gasteiger partial charge in [0.2, 0.25) is 0 Å². The van der Waals surface area contributed by atoms with E-state index in [0.29, 0.717) is 37.3 Å². The quantitative estimate of drug-likeness (QED) is 0.445. The summed E-state index contributed by atoms with van der Waals surface area (Å²) < 4.78 is 4.85. The van der Waals surface area contributed by atoms with Crippen LogP contribution in [-0.4, -0.2) is 53.3 Å². The highest BCUT2D eigenvalue weighted by Crippen LogP contribution is 2.22. The maximum absolute atomic E-state index is 11.4. The van der Waals surface area contributed by atoms with Crippen molar-refractivity contribution in [3.8, 4) is 0 Å². The fourth-order valence-electron chi connectivity index (χ4n) is 2.39. The van der Waals surface area contributed by atoms with Crippen LogP contribution in [0.2, 0.25) is 5.15 Å². The van der Waals surface area contributed by atoms with Crippen LogP contribution in [0.15, 0.2) is 18.3 Å². The maximum Gasteiger partial charge on any atom is 0.407 e. The summed E-state index contributed by atoms with van der Waals surface area (Å²) in [7, 11) is 0. The molecule has 130 valence electrons. The second kappa shape index (κ2) is 8.54. The van der Waals surface area contributed by atoms with Gasteiger partial charge in [-0.3, -0.25) is 0 Å². The number of likely N-dealkylation sites (tertiary alicyclic amines) is 1. The van der Waals surface area contributed by atoms with Crippen molar-refractivity contribution < 1.29 is 19.4 Å². The fraction of sp³-hybridized carbons (Fsp3) is 0.438. The molecule has 24 heavy (non-hydrogen) atoms. The van der Waals surface area contributed by atoms with Gasteiger partial charge in [-0.25, -0.2) is 14.6 Å². The van der Waals surface area contributed by atoms with Gasteiger partial charge in [0.1, 0.15) is 5.15 Å². The largest absolute Gasteiger partial charge is 0.465 e. The van der Waals surface area contributed by atoms with Gasteiger partial charge in [-0.15, -0.1) is 0 Å². The van der Waals surface area contributed by atoms with E-state index in [-0.39, 0.29) is 0 Å². The number of carbonyl (C=O) groups is 2. The third-order valence-electron chi connectivity index (χ3n) is 3.68. The molecule has 1 amide bonds. The molecule has 1 aromatic rings. The summed E-state index contributed by atoms with van der Waals surface area (Å²) in [5.41, 5.74) is 1.50. The minimum absolute atomic E-state index is 0.321. The van der Waals surface area contributed by atoms with Crippen LogP contribution >= 0.6 is 11.6 Å². The van der Waals surface area contributed by atoms with Crippen molar-refractivity contribution in [1.82, 2.24) is 9.88 Å². The number of carbonyl (C=O) groups excluding carboxylic acids is 1. The van der Waals surface area contributed by atoms with Gasteiger partial charge in [0.25, 0.3) is 0 Å². The number of nitrogens with zero attached hydrogens (tertiary/aromatic N) is 2. The first-order valence-corrected chi connectivity index (χ1v) is 8.09. The molecule has 0 radical (unpaired) electrons. The molecule has 0 unspecified atom stereocenters. The molecule has 2 N–H and O–H groups in total. The minimum atomic E-state index is -0.869. The van der Waals surface area contributed by atoms with Crippen molar-refractivity contribution in [2.24, 2.45) is 5.92 Å². The number of carboxylic acid groups (broad SMARTS) is 1. The van der Waals surface area contributed by atoms with E-state index >= 15 is 0 Å². The fourth-order valence-corrected chi connectivity index (χ4v) is 2.55. The third-order valence-corrected chi connectivity index (χ3v) is 3.89. The molecule has 8 heteroatoms. The van der Waals surface area contributed by atoms with Crippen LogP contribution < -0.4 is 5.32 Å². The number of hydrogen-bond donors (Lipinski definition) is 2. The van der Waals surface area contributed by atoms with E-state index in [4.69, 9.17) is 21.4 Å². The summed E-state index contributed by atoms with van der Waals surface area (Å²) in [5.74, 6) is -0.0499. The van der Waals surface area contributed by atoms with Crippen LogP contribution in [0.3, 0.4) is 0 Å². The van der Waals surface area contributed by atoms with E-state index in [1.54, 1.807) is 25.3 Å². The summed E-state index contributed by atoms with van der Waals surface area (Å²) >= 11 is 5.92. The zero-order chi connectivity index (χ0) is 17.5. The molecule has 1 aromatic heterocycles. The number of amides is 1. The highest BCUT2D eigenvalue weighted by atomic mass is 35.5. The number of aromatic nitrogens is 1. The van der Waals surface area contributed by atoms with E-state index in [2.05, 4.69) is 10.3 Å². The van der Waals surface area contributed by atoms with Gasteiger partial charge in [0, 0.05) is 43.2 Å². The van der Waals surface area contributed by atoms with Gasteiger partial charge in [-0.1, -0.05) is 11.6 Å². The summed E-state index contributed by atoms with van der Waals surface area (Å²) in [6, 6.07) is 1.69. The lowest BCUT2D eigenvalue weighted by Gasteiger charge is -2.37. The third kappa shape index (κ3) is 5.13. The molecule has 2 rings (SSSR count). The highest BCUT2D eigenvalue weighted by molar-refractivity contribution is 6.29. The number of esters is 1. The Morgan fingerprint density at radius 3 is 2.96 bits per heavy atom. The Morgan fingerprint density at radius 2 is 2.29 bits per heavy atom. The Labute approximate surface area is 145 Å². The number of ether oxygens (including phenoxy) is 1. The van der Waals surface area contributed by atoms with Crippen molar-refractivity contribution in [2.75, 3.05) is 31.6 Å². The number of anilines is 1. The number of nitrogens with one attached hydrogen (secondary N) is 1. The summed E-state index contributed by atoms with van der Waals surface area (Å²) in [6.07, 6.45) is 4.53. The van der Waals surface area contributed by atoms with Crippen LogP contribution in [-0.2, 0) is 9.53 Å². The SMILES string of the molecule is CCOC(=O)/C=C/c1cnc(Cl)cc1NCCC1CN(C(=O)O)C1. The Hall–Kier alpha value is -2.28. The monoisotopic (exact) mass is 353 g/mol. The molecular weight excluding hydrogens is 334 g/mol. The van der Waals surface area contributed by atoms with Crippen molar-refractivity contribution in [3.63, 3.8) is 0 Å². The summed E-state index contributed by atoms with van der Waals surface area (Å²) in [5, 5.41) is 12.4. The van der Waals surface area contributed by atoms with Crippen molar-refractivity contribution in [1.29, 1.82) is 0 Å². The molecule has 7 nitrogen and oxygen atoms in total. The summed E-state index contributed by atoms with van der Waals surface area (Å²) in [4.78, 5) is 27.5. The molecule has 0 aromatic carbocycles. The predicted molar refractivity (Wildman–Crippen MR) is 91.1 cm³/mol. The second-order valence-electron chi connectivity index (χ2n) is 5.45. The highest BCUT2D eigenvalue weighted by Gasteiger charge is 2.29. The van der Waals surface area contributed by atoms with E-state index < -0.39 is 12.1 Å². The van der Waals surface area contributed by atoms with E-state index in [1.807, 2.05) is 0 Å². The van der Waals surface area contributed by atoms with Gasteiger partial charge in [0.05, 0.1) is 6.61 Å². The van der Waals surface area contributed by atoms with Crippen molar-refractivity contribution in [3.05, 3.63) is 29.1 Å². The first-order valence-electron chi connectivity index (χ1n) is 7.71. The van der Waals surface area contributed by atoms with Crippen molar-refractivity contribution in [2.45, 2.75) is 13.3 Å². The molecule has 2 heterocycles. The van der Waals surface area contributed by atoms with Crippen LogP contribution in [0, 0.1) is 5.92 Å². The lowest BCUT2D eigenvalue weighted by molar-refractivity contribution is -0.137. The van der Waals surface area contributed by atoms with E-state index in [1.165, 1.54) is 11.0 Å². The van der Waals surface area contributed by atoms with Gasteiger partial charge >= 0.3 is 12.1 Å². The molecule has 0 spiro atoms. The standard InChI is InChI=1S/C16H20ClN3O4/c1-2-24-15(21)4-3-12-8-19-14(17)7-13(12)18-6-5-11-9-20(10-11)16(22)23/h3-4,7-8,11H,2,5-6,9-10H2,1H3,(H,18,19)(H,22,23)/b4-3+. The Morgan fingerprint density at radius 1 is 1.54 bits per heavy atom. The number of pyridine rings is 1. The Bertz CT molecular complexity index is 630. The molecule has 1 fully saturated rings. The molecular formula is C16H20ClN3O4. The zero-order valence-electron chi connectivity index (χ0n) is 13.4. The van der Waals surface area contributed by atoms with Gasteiger partial charge in [-0.05, 0) is 31.4 Å². The van der Waals surface area contributed by atoms with Crippen LogP contribution in [0.5, 0.6) is 0 Å². The van der Waals surface area contributed by atoms with E-state index in [9.17, 15) is 9.59 Å².